The Hall–Kier alpha value is -2.29. The van der Waals surface area contributed by atoms with Gasteiger partial charge in [-0.05, 0) is 56.4 Å². The molecule has 0 amide bonds. The third-order valence-electron chi connectivity index (χ3n) is 5.37. The molecular weight excluding hydrogens is 318 g/mol. The molecule has 0 saturated heterocycles. The summed E-state index contributed by atoms with van der Waals surface area (Å²) in [5.74, 6) is 0.658. The number of aryl methyl sites for hydroxylation is 2. The van der Waals surface area contributed by atoms with Crippen molar-refractivity contribution >= 4 is 17.1 Å². The second-order valence-corrected chi connectivity index (χ2v) is 7.53. The molecule has 1 fully saturated rings. The van der Waals surface area contributed by atoms with Gasteiger partial charge in [-0.2, -0.15) is 0 Å². The van der Waals surface area contributed by atoms with Crippen molar-refractivity contribution in [3.63, 3.8) is 0 Å². The fourth-order valence-electron chi connectivity index (χ4n) is 3.80. The van der Waals surface area contributed by atoms with E-state index in [-0.39, 0.29) is 0 Å². The first-order chi connectivity index (χ1) is 12.5. The molecule has 3 rings (SSSR count). The molecule has 0 atom stereocenters. The average Bonchev–Trinajstić information content (AvgIpc) is 2.65. The molecule has 2 aromatic rings. The molecule has 0 bridgehead atoms. The Kier molecular flexibility index (Phi) is 5.97. The summed E-state index contributed by atoms with van der Waals surface area (Å²) in [5, 5.41) is 8.49. The quantitative estimate of drug-likeness (QED) is 0.645. The molecule has 1 N–H and O–H groups in total. The summed E-state index contributed by atoms with van der Waals surface area (Å²) >= 11 is 0. The molecular formula is C23H29N3. The van der Waals surface area contributed by atoms with E-state index in [1.54, 1.807) is 0 Å². The molecule has 1 aromatic heterocycles. The van der Waals surface area contributed by atoms with E-state index in [0.29, 0.717) is 11.6 Å². The first-order valence-corrected chi connectivity index (χ1v) is 9.71. The van der Waals surface area contributed by atoms with Crippen molar-refractivity contribution in [1.29, 1.82) is 5.41 Å². The summed E-state index contributed by atoms with van der Waals surface area (Å²) in [5.41, 5.74) is 6.58. The summed E-state index contributed by atoms with van der Waals surface area (Å²) < 4.78 is 0. The van der Waals surface area contributed by atoms with Crippen molar-refractivity contribution in [2.75, 3.05) is 0 Å². The highest BCUT2D eigenvalue weighted by Crippen LogP contribution is 2.27. The van der Waals surface area contributed by atoms with Crippen LogP contribution in [0.2, 0.25) is 0 Å². The standard InChI is InChI=1S/C23H29N3/c1-16-9-7-10-17(2)23(16)25-18(3)21-13-8-14-22(26-21)20(24)15-19-11-5-4-6-12-19/h7-10,13-14,19,24H,4-6,11-12,15H2,1-3H3/b24-20?,25-18+. The van der Waals surface area contributed by atoms with Gasteiger partial charge in [0, 0.05) is 0 Å². The molecule has 0 unspecified atom stereocenters. The van der Waals surface area contributed by atoms with Crippen LogP contribution in [0.25, 0.3) is 0 Å². The molecule has 0 spiro atoms. The van der Waals surface area contributed by atoms with Crippen LogP contribution in [0.1, 0.15) is 68.0 Å². The summed E-state index contributed by atoms with van der Waals surface area (Å²) in [4.78, 5) is 9.57. The third-order valence-corrected chi connectivity index (χ3v) is 5.37. The molecule has 1 aliphatic carbocycles. The van der Waals surface area contributed by atoms with E-state index in [2.05, 4.69) is 32.0 Å². The lowest BCUT2D eigenvalue weighted by Gasteiger charge is -2.21. The van der Waals surface area contributed by atoms with E-state index in [0.717, 1.165) is 29.2 Å². The minimum atomic E-state index is 0.658. The predicted molar refractivity (Wildman–Crippen MR) is 110 cm³/mol. The molecule has 1 aromatic carbocycles. The van der Waals surface area contributed by atoms with Gasteiger partial charge in [0.1, 0.15) is 0 Å². The maximum atomic E-state index is 8.49. The lowest BCUT2D eigenvalue weighted by Crippen LogP contribution is -2.14. The second kappa shape index (κ2) is 8.39. The van der Waals surface area contributed by atoms with Crippen molar-refractivity contribution in [2.24, 2.45) is 10.9 Å². The SMILES string of the molecule is C/C(=N\c1c(C)cccc1C)c1cccc(C(=N)CC2CCCCC2)n1. The predicted octanol–water partition coefficient (Wildman–Crippen LogP) is 6.18. The Morgan fingerprint density at radius 1 is 1.00 bits per heavy atom. The van der Waals surface area contributed by atoms with Crippen molar-refractivity contribution in [1.82, 2.24) is 4.98 Å². The Morgan fingerprint density at radius 3 is 2.31 bits per heavy atom. The van der Waals surface area contributed by atoms with E-state index < -0.39 is 0 Å². The van der Waals surface area contributed by atoms with Crippen molar-refractivity contribution in [3.05, 3.63) is 58.9 Å². The average molecular weight is 348 g/mol. The molecule has 3 nitrogen and oxygen atoms in total. The Balaban J connectivity index is 1.80. The van der Waals surface area contributed by atoms with Gasteiger partial charge in [-0.15, -0.1) is 0 Å². The van der Waals surface area contributed by atoms with Crippen molar-refractivity contribution in [3.8, 4) is 0 Å². The van der Waals surface area contributed by atoms with Crippen LogP contribution in [-0.4, -0.2) is 16.4 Å². The van der Waals surface area contributed by atoms with E-state index in [9.17, 15) is 0 Å². The topological polar surface area (TPSA) is 49.1 Å². The van der Waals surface area contributed by atoms with Gasteiger partial charge in [-0.1, -0.05) is 56.4 Å². The second-order valence-electron chi connectivity index (χ2n) is 7.53. The van der Waals surface area contributed by atoms with Crippen LogP contribution in [0.5, 0.6) is 0 Å². The van der Waals surface area contributed by atoms with E-state index in [4.69, 9.17) is 15.4 Å². The first-order valence-electron chi connectivity index (χ1n) is 9.71. The van der Waals surface area contributed by atoms with Crippen LogP contribution in [-0.2, 0) is 0 Å². The minimum Gasteiger partial charge on any atom is -0.303 e. The number of hydrogen-bond donors (Lipinski definition) is 1. The number of pyridine rings is 1. The van der Waals surface area contributed by atoms with Crippen molar-refractivity contribution in [2.45, 2.75) is 59.3 Å². The van der Waals surface area contributed by atoms with Gasteiger partial charge < -0.3 is 5.41 Å². The number of aromatic nitrogens is 1. The number of nitrogens with one attached hydrogen (secondary N) is 1. The maximum absolute atomic E-state index is 8.49. The van der Waals surface area contributed by atoms with Crippen LogP contribution in [0.4, 0.5) is 5.69 Å². The van der Waals surface area contributed by atoms with Crippen molar-refractivity contribution < 1.29 is 0 Å². The smallest absolute Gasteiger partial charge is 0.0849 e. The summed E-state index contributed by atoms with van der Waals surface area (Å²) in [6.45, 7) is 6.17. The normalized spacial score (nSPS) is 15.9. The van der Waals surface area contributed by atoms with E-state index in [1.807, 2.05) is 25.1 Å². The van der Waals surface area contributed by atoms with Gasteiger partial charge in [0.25, 0.3) is 0 Å². The largest absolute Gasteiger partial charge is 0.303 e. The van der Waals surface area contributed by atoms with Gasteiger partial charge in [0.05, 0.1) is 28.5 Å². The summed E-state index contributed by atoms with van der Waals surface area (Å²) in [6.07, 6.45) is 7.35. The molecule has 0 radical (unpaired) electrons. The zero-order valence-electron chi connectivity index (χ0n) is 16.2. The zero-order valence-corrected chi connectivity index (χ0v) is 16.2. The Morgan fingerprint density at radius 2 is 1.62 bits per heavy atom. The first kappa shape index (κ1) is 18.5. The van der Waals surface area contributed by atoms with E-state index >= 15 is 0 Å². The number of nitrogens with zero attached hydrogens (tertiary/aromatic N) is 2. The lowest BCUT2D eigenvalue weighted by molar-refractivity contribution is 0.368. The van der Waals surface area contributed by atoms with Gasteiger partial charge in [0.2, 0.25) is 0 Å². The van der Waals surface area contributed by atoms with Crippen LogP contribution >= 0.6 is 0 Å². The molecule has 1 aliphatic rings. The number of rotatable bonds is 5. The number of benzene rings is 1. The summed E-state index contributed by atoms with van der Waals surface area (Å²) in [6, 6.07) is 12.2. The highest BCUT2D eigenvalue weighted by Gasteiger charge is 2.17. The molecule has 136 valence electrons. The highest BCUT2D eigenvalue weighted by atomic mass is 14.8. The molecule has 26 heavy (non-hydrogen) atoms. The minimum absolute atomic E-state index is 0.658. The van der Waals surface area contributed by atoms with E-state index in [1.165, 1.54) is 43.2 Å². The third kappa shape index (κ3) is 4.46. The van der Waals surface area contributed by atoms with Crippen LogP contribution in [0, 0.1) is 25.2 Å². The Bertz CT molecular complexity index is 794. The fourth-order valence-corrected chi connectivity index (χ4v) is 3.80. The number of para-hydroxylation sites is 1. The van der Waals surface area contributed by atoms with Crippen LogP contribution in [0.15, 0.2) is 41.4 Å². The molecule has 1 saturated carbocycles. The number of aliphatic imine (C=N–C) groups is 1. The lowest BCUT2D eigenvalue weighted by atomic mass is 9.85. The highest BCUT2D eigenvalue weighted by molar-refractivity contribution is 6.01. The van der Waals surface area contributed by atoms with Crippen LogP contribution < -0.4 is 0 Å². The van der Waals surface area contributed by atoms with Gasteiger partial charge in [0.15, 0.2) is 0 Å². The maximum Gasteiger partial charge on any atom is 0.0849 e. The van der Waals surface area contributed by atoms with Gasteiger partial charge in [-0.25, -0.2) is 4.98 Å². The number of hydrogen-bond acceptors (Lipinski definition) is 3. The van der Waals surface area contributed by atoms with Gasteiger partial charge in [-0.3, -0.25) is 4.99 Å². The zero-order chi connectivity index (χ0) is 18.5. The molecule has 0 aliphatic heterocycles. The Labute approximate surface area is 157 Å². The monoisotopic (exact) mass is 347 g/mol. The molecule has 1 heterocycles. The molecule has 3 heteroatoms. The fraction of sp³-hybridized carbons (Fsp3) is 0.435. The van der Waals surface area contributed by atoms with Crippen LogP contribution in [0.3, 0.4) is 0 Å². The van der Waals surface area contributed by atoms with Gasteiger partial charge >= 0.3 is 0 Å². The summed E-state index contributed by atoms with van der Waals surface area (Å²) in [7, 11) is 0.